The molecule has 0 saturated heterocycles. The molecule has 1 atom stereocenters. The van der Waals surface area contributed by atoms with Crippen LogP contribution in [-0.4, -0.2) is 26.2 Å². The summed E-state index contributed by atoms with van der Waals surface area (Å²) in [7, 11) is -4.41. The molecule has 0 spiro atoms. The molecule has 2 N–H and O–H groups in total. The third kappa shape index (κ3) is 4.73. The molecule has 0 radical (unpaired) electrons. The van der Waals surface area contributed by atoms with Crippen molar-refractivity contribution in [3.8, 4) is 6.07 Å². The van der Waals surface area contributed by atoms with Crippen LogP contribution in [0.3, 0.4) is 0 Å². The van der Waals surface area contributed by atoms with Crippen LogP contribution in [0.5, 0.6) is 0 Å². The summed E-state index contributed by atoms with van der Waals surface area (Å²) in [5.74, 6) is -2.64. The number of nitriles is 1. The van der Waals surface area contributed by atoms with Gasteiger partial charge >= 0.3 is 0 Å². The summed E-state index contributed by atoms with van der Waals surface area (Å²) in [6, 6.07) is 2.87. The highest BCUT2D eigenvalue weighted by Gasteiger charge is 2.28. The van der Waals surface area contributed by atoms with Crippen LogP contribution < -0.4 is 4.72 Å². The van der Waals surface area contributed by atoms with E-state index < -0.39 is 38.1 Å². The van der Waals surface area contributed by atoms with Gasteiger partial charge in [0.1, 0.15) is 11.6 Å². The van der Waals surface area contributed by atoms with Crippen LogP contribution >= 0.6 is 0 Å². The Kier molecular flexibility index (Phi) is 5.62. The lowest BCUT2D eigenvalue weighted by atomic mass is 9.87. The van der Waals surface area contributed by atoms with Gasteiger partial charge in [0, 0.05) is 6.54 Å². The molecule has 0 aliphatic rings. The largest absolute Gasteiger partial charge is 0.393 e. The fourth-order valence-electron chi connectivity index (χ4n) is 2.12. The van der Waals surface area contributed by atoms with Crippen molar-refractivity contribution in [2.45, 2.75) is 38.2 Å². The van der Waals surface area contributed by atoms with Gasteiger partial charge in [-0.2, -0.15) is 5.26 Å². The topological polar surface area (TPSA) is 90.2 Å². The van der Waals surface area contributed by atoms with Gasteiger partial charge in [-0.3, -0.25) is 0 Å². The number of benzene rings is 1. The van der Waals surface area contributed by atoms with Crippen molar-refractivity contribution in [2.24, 2.45) is 5.41 Å². The van der Waals surface area contributed by atoms with Crippen LogP contribution in [0, 0.1) is 28.4 Å². The molecular formula is C14H18F2N2O3S. The zero-order valence-electron chi connectivity index (χ0n) is 12.5. The van der Waals surface area contributed by atoms with E-state index in [-0.39, 0.29) is 12.1 Å². The average Bonchev–Trinajstić information content (AvgIpc) is 2.34. The molecule has 0 bridgehead atoms. The smallest absolute Gasteiger partial charge is 0.246 e. The fourth-order valence-corrected chi connectivity index (χ4v) is 3.47. The second-order valence-corrected chi connectivity index (χ2v) is 7.63. The Morgan fingerprint density at radius 3 is 2.27 bits per heavy atom. The SMILES string of the molecule is CC(O)CC(C)(C)CNS(=O)(=O)c1c(F)cc(C#N)cc1F. The van der Waals surface area contributed by atoms with E-state index in [4.69, 9.17) is 5.26 Å². The summed E-state index contributed by atoms with van der Waals surface area (Å²) in [6.07, 6.45) is -0.323. The third-order valence-corrected chi connectivity index (χ3v) is 4.44. The van der Waals surface area contributed by atoms with Crippen molar-refractivity contribution >= 4 is 10.0 Å². The Morgan fingerprint density at radius 1 is 1.36 bits per heavy atom. The van der Waals surface area contributed by atoms with E-state index in [1.54, 1.807) is 26.8 Å². The van der Waals surface area contributed by atoms with Crippen LogP contribution in [0.4, 0.5) is 8.78 Å². The molecule has 0 saturated carbocycles. The fraction of sp³-hybridized carbons (Fsp3) is 0.500. The van der Waals surface area contributed by atoms with Gasteiger partial charge in [0.2, 0.25) is 10.0 Å². The minimum absolute atomic E-state index is 0.0981. The van der Waals surface area contributed by atoms with Gasteiger partial charge in [-0.05, 0) is 30.9 Å². The van der Waals surface area contributed by atoms with Gasteiger partial charge in [-0.15, -0.1) is 0 Å². The number of rotatable bonds is 6. The van der Waals surface area contributed by atoms with Gasteiger partial charge in [-0.25, -0.2) is 21.9 Å². The highest BCUT2D eigenvalue weighted by molar-refractivity contribution is 7.89. The molecule has 1 rings (SSSR count). The number of nitrogens with zero attached hydrogens (tertiary/aromatic N) is 1. The number of aliphatic hydroxyl groups excluding tert-OH is 1. The zero-order valence-corrected chi connectivity index (χ0v) is 13.3. The van der Waals surface area contributed by atoms with Crippen LogP contribution in [0.25, 0.3) is 0 Å². The lowest BCUT2D eigenvalue weighted by Crippen LogP contribution is -2.36. The maximum absolute atomic E-state index is 13.8. The van der Waals surface area contributed by atoms with Crippen molar-refractivity contribution in [3.05, 3.63) is 29.3 Å². The summed E-state index contributed by atoms with van der Waals surface area (Å²) in [5, 5.41) is 18.0. The molecule has 8 heteroatoms. The highest BCUT2D eigenvalue weighted by atomic mass is 32.2. The first-order chi connectivity index (χ1) is 9.98. The summed E-state index contributed by atoms with van der Waals surface area (Å²) >= 11 is 0. The normalized spacial score (nSPS) is 13.7. The second-order valence-electron chi connectivity index (χ2n) is 5.92. The maximum Gasteiger partial charge on any atom is 0.246 e. The summed E-state index contributed by atoms with van der Waals surface area (Å²) in [6.45, 7) is 4.90. The molecule has 1 aromatic rings. The molecular weight excluding hydrogens is 314 g/mol. The van der Waals surface area contributed by atoms with Gasteiger partial charge in [0.25, 0.3) is 0 Å². The van der Waals surface area contributed by atoms with Gasteiger partial charge in [0.15, 0.2) is 4.90 Å². The summed E-state index contributed by atoms with van der Waals surface area (Å²) < 4.78 is 53.8. The molecule has 0 aliphatic heterocycles. The minimum atomic E-state index is -4.41. The zero-order chi connectivity index (χ0) is 17.1. The molecule has 0 amide bonds. The predicted octanol–water partition coefficient (Wildman–Crippen LogP) is 1.91. The number of halogens is 2. The van der Waals surface area contributed by atoms with E-state index in [1.165, 1.54) is 0 Å². The number of sulfonamides is 1. The van der Waals surface area contributed by atoms with E-state index in [9.17, 15) is 22.3 Å². The lowest BCUT2D eigenvalue weighted by Gasteiger charge is -2.26. The maximum atomic E-state index is 13.8. The molecule has 0 heterocycles. The van der Waals surface area contributed by atoms with Crippen LogP contribution in [0.15, 0.2) is 17.0 Å². The van der Waals surface area contributed by atoms with Gasteiger partial charge < -0.3 is 5.11 Å². The molecule has 0 aliphatic carbocycles. The minimum Gasteiger partial charge on any atom is -0.393 e. The van der Waals surface area contributed by atoms with Crippen molar-refractivity contribution in [2.75, 3.05) is 6.54 Å². The Hall–Kier alpha value is -1.56. The van der Waals surface area contributed by atoms with Crippen molar-refractivity contribution in [3.63, 3.8) is 0 Å². The Morgan fingerprint density at radius 2 is 1.86 bits per heavy atom. The molecule has 1 unspecified atom stereocenters. The number of nitrogens with one attached hydrogen (secondary N) is 1. The molecule has 5 nitrogen and oxygen atoms in total. The molecule has 22 heavy (non-hydrogen) atoms. The first-order valence-corrected chi connectivity index (χ1v) is 8.04. The predicted molar refractivity (Wildman–Crippen MR) is 76.3 cm³/mol. The molecule has 1 aromatic carbocycles. The van der Waals surface area contributed by atoms with E-state index >= 15 is 0 Å². The number of hydrogen-bond donors (Lipinski definition) is 2. The Balaban J connectivity index is 3.04. The first kappa shape index (κ1) is 18.5. The van der Waals surface area contributed by atoms with Crippen LogP contribution in [-0.2, 0) is 10.0 Å². The van der Waals surface area contributed by atoms with Gasteiger partial charge in [0.05, 0.1) is 17.7 Å². The van der Waals surface area contributed by atoms with Crippen molar-refractivity contribution in [1.29, 1.82) is 5.26 Å². The highest BCUT2D eigenvalue weighted by Crippen LogP contribution is 2.24. The van der Waals surface area contributed by atoms with Crippen molar-refractivity contribution in [1.82, 2.24) is 4.72 Å². The Labute approximate surface area is 128 Å². The summed E-state index contributed by atoms with van der Waals surface area (Å²) in [5.41, 5.74) is -0.899. The third-order valence-electron chi connectivity index (χ3n) is 2.98. The Bertz CT molecular complexity index is 672. The molecule has 0 aromatic heterocycles. The van der Waals surface area contributed by atoms with E-state index in [0.717, 1.165) is 0 Å². The standard InChI is InChI=1S/C14H18F2N2O3S/c1-9(19)6-14(2,3)8-18-22(20,21)13-11(15)4-10(7-17)5-12(13)16/h4-5,9,18-19H,6,8H2,1-3H3. The second kappa shape index (κ2) is 6.69. The van der Waals surface area contributed by atoms with E-state index in [0.29, 0.717) is 18.6 Å². The monoisotopic (exact) mass is 332 g/mol. The van der Waals surface area contributed by atoms with Crippen LogP contribution in [0.1, 0.15) is 32.8 Å². The first-order valence-electron chi connectivity index (χ1n) is 6.55. The average molecular weight is 332 g/mol. The van der Waals surface area contributed by atoms with E-state index in [1.807, 2.05) is 0 Å². The lowest BCUT2D eigenvalue weighted by molar-refractivity contribution is 0.131. The van der Waals surface area contributed by atoms with Gasteiger partial charge in [-0.1, -0.05) is 13.8 Å². The van der Waals surface area contributed by atoms with Crippen molar-refractivity contribution < 1.29 is 22.3 Å². The quantitative estimate of drug-likeness (QED) is 0.832. The summed E-state index contributed by atoms with van der Waals surface area (Å²) in [4.78, 5) is -1.11. The molecule has 122 valence electrons. The molecule has 0 fully saturated rings. The van der Waals surface area contributed by atoms with Crippen LogP contribution in [0.2, 0.25) is 0 Å². The van der Waals surface area contributed by atoms with E-state index in [2.05, 4.69) is 4.72 Å². The number of aliphatic hydroxyl groups is 1. The number of hydrogen-bond acceptors (Lipinski definition) is 4.